The molecule has 0 saturated heterocycles. The van der Waals surface area contributed by atoms with Crippen molar-refractivity contribution in [3.05, 3.63) is 29.3 Å². The van der Waals surface area contributed by atoms with Gasteiger partial charge in [0.1, 0.15) is 12.3 Å². The van der Waals surface area contributed by atoms with Crippen molar-refractivity contribution in [2.75, 3.05) is 13.6 Å². The van der Waals surface area contributed by atoms with E-state index in [1.165, 1.54) is 11.9 Å². The van der Waals surface area contributed by atoms with Crippen LogP contribution in [0.2, 0.25) is 0 Å². The van der Waals surface area contributed by atoms with Gasteiger partial charge in [-0.2, -0.15) is 5.26 Å². The lowest BCUT2D eigenvalue weighted by Gasteiger charge is -2.13. The molecule has 0 atom stereocenters. The van der Waals surface area contributed by atoms with E-state index >= 15 is 0 Å². The number of amides is 1. The van der Waals surface area contributed by atoms with Gasteiger partial charge in [-0.15, -0.1) is 0 Å². The van der Waals surface area contributed by atoms with Gasteiger partial charge in [0, 0.05) is 7.05 Å². The highest BCUT2D eigenvalue weighted by atomic mass is 16.6. The van der Waals surface area contributed by atoms with Gasteiger partial charge in [0.2, 0.25) is 0 Å². The molecule has 0 fully saturated rings. The fraction of sp³-hybridized carbons (Fsp3) is 0.333. The quantitative estimate of drug-likeness (QED) is 0.715. The minimum absolute atomic E-state index is 0.0175. The molecule has 0 unspecified atom stereocenters. The second-order valence-electron chi connectivity index (χ2n) is 3.71. The average Bonchev–Trinajstić information content (AvgIpc) is 2.16. The summed E-state index contributed by atoms with van der Waals surface area (Å²) >= 11 is 0. The summed E-state index contributed by atoms with van der Waals surface area (Å²) in [5, 5.41) is 8.44. The molecule has 0 spiro atoms. The molecule has 0 aromatic heterocycles. The second-order valence-corrected chi connectivity index (χ2v) is 3.71. The third kappa shape index (κ3) is 3.28. The normalized spacial score (nSPS) is 9.38. The van der Waals surface area contributed by atoms with E-state index < -0.39 is 6.09 Å². The van der Waals surface area contributed by atoms with Crippen LogP contribution in [0.1, 0.15) is 11.1 Å². The Morgan fingerprint density at radius 2 is 1.94 bits per heavy atom. The Balaban J connectivity index is 2.73. The number of nitrogens with zero attached hydrogens (tertiary/aromatic N) is 2. The number of carbonyl (C=O) groups is 1. The van der Waals surface area contributed by atoms with E-state index in [-0.39, 0.29) is 6.54 Å². The summed E-state index contributed by atoms with van der Waals surface area (Å²) in [4.78, 5) is 12.7. The van der Waals surface area contributed by atoms with Gasteiger partial charge in [-0.3, -0.25) is 4.90 Å². The Labute approximate surface area is 95.0 Å². The summed E-state index contributed by atoms with van der Waals surface area (Å²) in [6.45, 7) is 3.89. The number of ether oxygens (including phenoxy) is 1. The first kappa shape index (κ1) is 12.1. The van der Waals surface area contributed by atoms with E-state index in [1.807, 2.05) is 26.0 Å². The van der Waals surface area contributed by atoms with Crippen LogP contribution in [0.4, 0.5) is 4.79 Å². The largest absolute Gasteiger partial charge is 0.415 e. The summed E-state index contributed by atoms with van der Waals surface area (Å²) in [6.07, 6.45) is -0.522. The van der Waals surface area contributed by atoms with Crippen LogP contribution in [0.25, 0.3) is 0 Å². The van der Waals surface area contributed by atoms with E-state index in [2.05, 4.69) is 0 Å². The van der Waals surface area contributed by atoms with Crippen LogP contribution in [0.3, 0.4) is 0 Å². The molecular weight excluding hydrogens is 204 g/mol. The van der Waals surface area contributed by atoms with E-state index in [0.29, 0.717) is 5.75 Å². The summed E-state index contributed by atoms with van der Waals surface area (Å²) in [6, 6.07) is 7.44. The third-order valence-corrected chi connectivity index (χ3v) is 2.02. The number of nitriles is 1. The molecule has 0 aliphatic carbocycles. The molecule has 1 aromatic carbocycles. The molecule has 16 heavy (non-hydrogen) atoms. The maximum absolute atomic E-state index is 11.5. The molecule has 0 aliphatic heterocycles. The van der Waals surface area contributed by atoms with E-state index in [9.17, 15) is 4.79 Å². The number of carbonyl (C=O) groups excluding carboxylic acids is 1. The van der Waals surface area contributed by atoms with E-state index in [0.717, 1.165) is 11.1 Å². The van der Waals surface area contributed by atoms with Gasteiger partial charge < -0.3 is 4.74 Å². The minimum atomic E-state index is -0.522. The first-order valence-electron chi connectivity index (χ1n) is 4.91. The standard InChI is InChI=1S/C12H14N2O2/c1-9-6-10(2)8-11(7-9)16-12(15)14(3)5-4-13/h6-8H,5H2,1-3H3. The Morgan fingerprint density at radius 3 is 2.44 bits per heavy atom. The Hall–Kier alpha value is -2.02. The van der Waals surface area contributed by atoms with Gasteiger partial charge in [0.05, 0.1) is 6.07 Å². The lowest BCUT2D eigenvalue weighted by molar-refractivity contribution is 0.168. The SMILES string of the molecule is Cc1cc(C)cc(OC(=O)N(C)CC#N)c1. The zero-order valence-electron chi connectivity index (χ0n) is 9.65. The predicted octanol–water partition coefficient (Wildman–Crippen LogP) is 2.26. The Kier molecular flexibility index (Phi) is 3.90. The average molecular weight is 218 g/mol. The summed E-state index contributed by atoms with van der Waals surface area (Å²) < 4.78 is 5.13. The van der Waals surface area contributed by atoms with Crippen molar-refractivity contribution in [1.29, 1.82) is 5.26 Å². The second kappa shape index (κ2) is 5.17. The highest BCUT2D eigenvalue weighted by Crippen LogP contribution is 2.16. The van der Waals surface area contributed by atoms with Crippen molar-refractivity contribution in [2.24, 2.45) is 0 Å². The zero-order chi connectivity index (χ0) is 12.1. The fourth-order valence-corrected chi connectivity index (χ4v) is 1.34. The number of hydrogen-bond donors (Lipinski definition) is 0. The van der Waals surface area contributed by atoms with Crippen molar-refractivity contribution in [2.45, 2.75) is 13.8 Å². The predicted molar refractivity (Wildman–Crippen MR) is 60.2 cm³/mol. The van der Waals surface area contributed by atoms with E-state index in [4.69, 9.17) is 10.00 Å². The Bertz CT molecular complexity index is 415. The molecule has 0 bridgehead atoms. The monoisotopic (exact) mass is 218 g/mol. The number of hydrogen-bond acceptors (Lipinski definition) is 3. The van der Waals surface area contributed by atoms with Crippen molar-refractivity contribution in [3.63, 3.8) is 0 Å². The van der Waals surface area contributed by atoms with Crippen LogP contribution in [0.5, 0.6) is 5.75 Å². The van der Waals surface area contributed by atoms with Crippen LogP contribution >= 0.6 is 0 Å². The minimum Gasteiger partial charge on any atom is -0.410 e. The highest BCUT2D eigenvalue weighted by Gasteiger charge is 2.10. The molecule has 0 radical (unpaired) electrons. The summed E-state index contributed by atoms with van der Waals surface area (Å²) in [7, 11) is 1.52. The maximum atomic E-state index is 11.5. The highest BCUT2D eigenvalue weighted by molar-refractivity contribution is 5.70. The molecule has 0 N–H and O–H groups in total. The van der Waals surface area contributed by atoms with Gasteiger partial charge in [-0.1, -0.05) is 6.07 Å². The summed E-state index contributed by atoms with van der Waals surface area (Å²) in [5.41, 5.74) is 2.07. The molecular formula is C12H14N2O2. The van der Waals surface area contributed by atoms with Crippen molar-refractivity contribution >= 4 is 6.09 Å². The molecule has 84 valence electrons. The van der Waals surface area contributed by atoms with Crippen LogP contribution in [-0.4, -0.2) is 24.6 Å². The van der Waals surface area contributed by atoms with Gasteiger partial charge in [0.25, 0.3) is 0 Å². The molecule has 0 saturated carbocycles. The van der Waals surface area contributed by atoms with Gasteiger partial charge in [0.15, 0.2) is 0 Å². The first-order valence-corrected chi connectivity index (χ1v) is 4.91. The van der Waals surface area contributed by atoms with Crippen LogP contribution in [-0.2, 0) is 0 Å². The Morgan fingerprint density at radius 1 is 1.38 bits per heavy atom. The first-order chi connectivity index (χ1) is 7.52. The molecule has 0 heterocycles. The van der Waals surface area contributed by atoms with Crippen molar-refractivity contribution < 1.29 is 9.53 Å². The van der Waals surface area contributed by atoms with Crippen LogP contribution in [0, 0.1) is 25.2 Å². The smallest absolute Gasteiger partial charge is 0.410 e. The van der Waals surface area contributed by atoms with Gasteiger partial charge in [-0.25, -0.2) is 4.79 Å². The van der Waals surface area contributed by atoms with E-state index in [1.54, 1.807) is 12.1 Å². The van der Waals surface area contributed by atoms with Crippen LogP contribution in [0.15, 0.2) is 18.2 Å². The molecule has 4 nitrogen and oxygen atoms in total. The maximum Gasteiger partial charge on any atom is 0.415 e. The van der Waals surface area contributed by atoms with Gasteiger partial charge >= 0.3 is 6.09 Å². The summed E-state index contributed by atoms with van der Waals surface area (Å²) in [5.74, 6) is 0.507. The molecule has 1 aromatic rings. The third-order valence-electron chi connectivity index (χ3n) is 2.02. The molecule has 4 heteroatoms. The number of aryl methyl sites for hydroxylation is 2. The number of benzene rings is 1. The lowest BCUT2D eigenvalue weighted by atomic mass is 10.1. The van der Waals surface area contributed by atoms with Crippen molar-refractivity contribution in [3.8, 4) is 11.8 Å². The topological polar surface area (TPSA) is 53.3 Å². The van der Waals surface area contributed by atoms with Crippen LogP contribution < -0.4 is 4.74 Å². The molecule has 1 amide bonds. The van der Waals surface area contributed by atoms with Crippen molar-refractivity contribution in [1.82, 2.24) is 4.90 Å². The van der Waals surface area contributed by atoms with Gasteiger partial charge in [-0.05, 0) is 37.1 Å². The molecule has 0 aliphatic rings. The zero-order valence-corrected chi connectivity index (χ0v) is 9.65. The number of rotatable bonds is 2. The lowest BCUT2D eigenvalue weighted by Crippen LogP contribution is -2.29. The molecule has 1 rings (SSSR count). The fourth-order valence-electron chi connectivity index (χ4n) is 1.34.